The summed E-state index contributed by atoms with van der Waals surface area (Å²) in [6.45, 7) is 5.29. The molecule has 4 rings (SSSR count). The van der Waals surface area contributed by atoms with E-state index in [1.165, 1.54) is 6.07 Å². The molecule has 0 radical (unpaired) electrons. The molecule has 1 aliphatic rings. The van der Waals surface area contributed by atoms with Crippen LogP contribution in [0.4, 0.5) is 20.2 Å². The van der Waals surface area contributed by atoms with E-state index in [1.54, 1.807) is 50.4 Å². The summed E-state index contributed by atoms with van der Waals surface area (Å²) in [6.07, 6.45) is 4.19. The molecule has 1 atom stereocenters. The average Bonchev–Trinajstić information content (AvgIpc) is 3.26. The van der Waals surface area contributed by atoms with Crippen LogP contribution in [0, 0.1) is 35.8 Å². The molecular weight excluding hydrogens is 464 g/mol. The smallest absolute Gasteiger partial charge is 0.224 e. The van der Waals surface area contributed by atoms with Crippen LogP contribution in [0.15, 0.2) is 65.0 Å². The maximum atomic E-state index is 15.3. The van der Waals surface area contributed by atoms with Gasteiger partial charge in [0.2, 0.25) is 5.91 Å². The lowest BCUT2D eigenvalue weighted by molar-refractivity contribution is -0.115. The number of amidine groups is 1. The van der Waals surface area contributed by atoms with E-state index in [2.05, 4.69) is 26.7 Å². The molecule has 1 aromatic heterocycles. The fourth-order valence-electron chi connectivity index (χ4n) is 3.87. The summed E-state index contributed by atoms with van der Waals surface area (Å²) in [5.41, 5.74) is 1.86. The molecule has 0 fully saturated rings. The van der Waals surface area contributed by atoms with Gasteiger partial charge in [-0.25, -0.2) is 13.8 Å². The van der Waals surface area contributed by atoms with Gasteiger partial charge in [0.05, 0.1) is 5.52 Å². The lowest BCUT2D eigenvalue weighted by atomic mass is 9.99. The fourth-order valence-corrected chi connectivity index (χ4v) is 3.87. The summed E-state index contributed by atoms with van der Waals surface area (Å²) in [4.78, 5) is 18.9. The second-order valence-corrected chi connectivity index (χ2v) is 8.47. The van der Waals surface area contributed by atoms with E-state index in [0.717, 1.165) is 6.07 Å². The predicted octanol–water partition coefficient (Wildman–Crippen LogP) is 6.32. The molecule has 1 aliphatic heterocycles. The number of aliphatic imine (C=N–C) groups is 1. The Hall–Kier alpha value is -4.45. The van der Waals surface area contributed by atoms with Crippen molar-refractivity contribution in [1.82, 2.24) is 4.98 Å². The van der Waals surface area contributed by atoms with E-state index in [9.17, 15) is 14.4 Å². The maximum Gasteiger partial charge on any atom is 0.224 e. The number of rotatable bonds is 5. The highest BCUT2D eigenvalue weighted by molar-refractivity contribution is 6.11. The highest BCUT2D eigenvalue weighted by Crippen LogP contribution is 2.33. The van der Waals surface area contributed by atoms with Gasteiger partial charge < -0.3 is 20.4 Å². The Morgan fingerprint density at radius 2 is 2.06 bits per heavy atom. The van der Waals surface area contributed by atoms with Crippen molar-refractivity contribution in [2.24, 2.45) is 10.9 Å². The molecule has 2 heterocycles. The molecule has 3 aromatic rings. The molecule has 36 heavy (non-hydrogen) atoms. The molecule has 3 N–H and O–H groups in total. The zero-order valence-electron chi connectivity index (χ0n) is 20.1. The first-order valence-corrected chi connectivity index (χ1v) is 11.5. The summed E-state index contributed by atoms with van der Waals surface area (Å²) in [6, 6.07) is 11.5. The third kappa shape index (κ3) is 5.13. The van der Waals surface area contributed by atoms with Crippen LogP contribution in [0.25, 0.3) is 10.9 Å². The SMILES string of the molecule is CCC(=O)Nc1cccc(NC2=N/C=C/CC(C)/C(Oc3cc(F)c4[nH]c(C)cc4c3F)=C\2C#N)c1. The summed E-state index contributed by atoms with van der Waals surface area (Å²) in [5.74, 6) is -1.83. The molecule has 1 amide bonds. The first-order chi connectivity index (χ1) is 17.3. The summed E-state index contributed by atoms with van der Waals surface area (Å²) >= 11 is 0. The van der Waals surface area contributed by atoms with E-state index >= 15 is 4.39 Å². The Morgan fingerprint density at radius 3 is 2.81 bits per heavy atom. The van der Waals surface area contributed by atoms with Crippen molar-refractivity contribution in [3.8, 4) is 11.8 Å². The first-order valence-electron chi connectivity index (χ1n) is 11.5. The molecule has 0 bridgehead atoms. The topological polar surface area (TPSA) is 102 Å². The van der Waals surface area contributed by atoms with Crippen molar-refractivity contribution in [2.45, 2.75) is 33.6 Å². The second kappa shape index (κ2) is 10.4. The molecule has 0 spiro atoms. The first kappa shape index (κ1) is 24.7. The van der Waals surface area contributed by atoms with Crippen molar-refractivity contribution in [3.05, 3.63) is 77.3 Å². The van der Waals surface area contributed by atoms with Gasteiger partial charge in [0.1, 0.15) is 17.4 Å². The average molecular weight is 490 g/mol. The Bertz CT molecular complexity index is 1460. The molecular formula is C27H25F2N5O2. The molecule has 2 aromatic carbocycles. The molecule has 0 saturated heterocycles. The number of allylic oxidation sites excluding steroid dienone is 2. The zero-order chi connectivity index (χ0) is 25.8. The van der Waals surface area contributed by atoms with Crippen molar-refractivity contribution < 1.29 is 18.3 Å². The van der Waals surface area contributed by atoms with Crippen LogP contribution >= 0.6 is 0 Å². The van der Waals surface area contributed by atoms with Crippen LogP contribution in [-0.2, 0) is 4.79 Å². The number of carbonyl (C=O) groups is 1. The van der Waals surface area contributed by atoms with Crippen LogP contribution in [0.1, 0.15) is 32.4 Å². The Kier molecular flexibility index (Phi) is 7.15. The number of ether oxygens (including phenoxy) is 1. The van der Waals surface area contributed by atoms with Crippen molar-refractivity contribution >= 4 is 34.0 Å². The van der Waals surface area contributed by atoms with E-state index in [4.69, 9.17) is 4.74 Å². The minimum absolute atomic E-state index is 0.0550. The lowest BCUT2D eigenvalue weighted by Crippen LogP contribution is -2.21. The van der Waals surface area contributed by atoms with Gasteiger partial charge in [-0.05, 0) is 37.6 Å². The second-order valence-electron chi connectivity index (χ2n) is 8.47. The number of benzene rings is 2. The Labute approximate surface area is 207 Å². The minimum atomic E-state index is -0.726. The molecule has 0 aliphatic carbocycles. The highest BCUT2D eigenvalue weighted by Gasteiger charge is 2.25. The van der Waals surface area contributed by atoms with Gasteiger partial charge in [0, 0.05) is 47.1 Å². The third-order valence-corrected chi connectivity index (χ3v) is 5.69. The zero-order valence-corrected chi connectivity index (χ0v) is 20.1. The summed E-state index contributed by atoms with van der Waals surface area (Å²) in [5, 5.41) is 16.0. The number of amides is 1. The standard InChI is InChI=1S/C27H25F2N5O2/c1-4-23(35)33-17-8-5-9-18(12-17)34-27-20(14-30)26(15(2)7-6-10-31-27)36-22-13-21(28)25-19(24(22)29)11-16(3)32-25/h5-6,8-13,15,32H,4,7H2,1-3H3,(H,31,34)(H,33,35)/b10-6+,26-20+. The van der Waals surface area contributed by atoms with Gasteiger partial charge in [0.25, 0.3) is 0 Å². The molecule has 1 unspecified atom stereocenters. The van der Waals surface area contributed by atoms with Gasteiger partial charge in [-0.3, -0.25) is 4.79 Å². The maximum absolute atomic E-state index is 15.3. The number of nitrogens with one attached hydrogen (secondary N) is 3. The van der Waals surface area contributed by atoms with E-state index in [-0.39, 0.29) is 45.6 Å². The monoisotopic (exact) mass is 489 g/mol. The van der Waals surface area contributed by atoms with Gasteiger partial charge in [-0.2, -0.15) is 5.26 Å². The number of aromatic nitrogens is 1. The number of aromatic amines is 1. The third-order valence-electron chi connectivity index (χ3n) is 5.69. The van der Waals surface area contributed by atoms with Crippen LogP contribution in [-0.4, -0.2) is 16.7 Å². The van der Waals surface area contributed by atoms with E-state index < -0.39 is 11.6 Å². The molecule has 184 valence electrons. The predicted molar refractivity (Wildman–Crippen MR) is 136 cm³/mol. The number of anilines is 2. The van der Waals surface area contributed by atoms with Crippen LogP contribution < -0.4 is 15.4 Å². The van der Waals surface area contributed by atoms with Gasteiger partial charge >= 0.3 is 0 Å². The minimum Gasteiger partial charge on any atom is -0.457 e. The van der Waals surface area contributed by atoms with E-state index in [0.29, 0.717) is 29.9 Å². The Balaban J connectivity index is 1.73. The van der Waals surface area contributed by atoms with Crippen molar-refractivity contribution in [2.75, 3.05) is 10.6 Å². The van der Waals surface area contributed by atoms with E-state index in [1.807, 2.05) is 6.92 Å². The van der Waals surface area contributed by atoms with Crippen LogP contribution in [0.2, 0.25) is 0 Å². The summed E-state index contributed by atoms with van der Waals surface area (Å²) < 4.78 is 35.9. The number of carbonyl (C=O) groups excluding carboxylic acids is 1. The Morgan fingerprint density at radius 1 is 1.28 bits per heavy atom. The quantitative estimate of drug-likeness (QED) is 0.390. The van der Waals surface area contributed by atoms with Gasteiger partial charge in [0.15, 0.2) is 23.2 Å². The number of hydrogen-bond acceptors (Lipinski definition) is 5. The number of halogens is 2. The number of aryl methyl sites for hydroxylation is 1. The lowest BCUT2D eigenvalue weighted by Gasteiger charge is -2.21. The normalized spacial score (nSPS) is 20.0. The largest absolute Gasteiger partial charge is 0.457 e. The molecule has 9 heteroatoms. The van der Waals surface area contributed by atoms with Crippen molar-refractivity contribution in [3.63, 3.8) is 0 Å². The fraction of sp³-hybridized carbons (Fsp3) is 0.222. The molecule has 7 nitrogen and oxygen atoms in total. The number of fused-ring (bicyclic) bond motifs is 1. The van der Waals surface area contributed by atoms with Crippen LogP contribution in [0.5, 0.6) is 5.75 Å². The molecule has 0 saturated carbocycles. The number of nitriles is 1. The van der Waals surface area contributed by atoms with Crippen LogP contribution in [0.3, 0.4) is 0 Å². The summed E-state index contributed by atoms with van der Waals surface area (Å²) in [7, 11) is 0. The van der Waals surface area contributed by atoms with Gasteiger partial charge in [-0.1, -0.05) is 26.0 Å². The van der Waals surface area contributed by atoms with Crippen molar-refractivity contribution in [1.29, 1.82) is 5.26 Å². The highest BCUT2D eigenvalue weighted by atomic mass is 19.1. The number of nitrogens with zero attached hydrogens (tertiary/aromatic N) is 2. The number of H-pyrrole nitrogens is 1. The van der Waals surface area contributed by atoms with Gasteiger partial charge in [-0.15, -0.1) is 0 Å². The number of hydrogen-bond donors (Lipinski definition) is 3.